The Bertz CT molecular complexity index is 222. The summed E-state index contributed by atoms with van der Waals surface area (Å²) in [6.07, 6.45) is 0. The van der Waals surface area contributed by atoms with Gasteiger partial charge in [0.05, 0.1) is 0 Å². The zero-order valence-electron chi connectivity index (χ0n) is 12.5. The molecular weight excluding hydrogens is 196 g/mol. The highest BCUT2D eigenvalue weighted by molar-refractivity contribution is 4.95. The van der Waals surface area contributed by atoms with E-state index in [4.69, 9.17) is 0 Å². The molecule has 1 saturated heterocycles. The standard InChI is InChI=1S/C14H30N2/c1-11-9-15(13(3,4)5)10-12(2)16(11)14(6,7)8/h11-12H,9-10H2,1-8H3/t11-,12-/m1/s1. The normalized spacial score (nSPS) is 30.8. The Morgan fingerprint density at radius 3 is 1.38 bits per heavy atom. The van der Waals surface area contributed by atoms with E-state index in [2.05, 4.69) is 65.2 Å². The van der Waals surface area contributed by atoms with Crippen LogP contribution in [-0.2, 0) is 0 Å². The van der Waals surface area contributed by atoms with Gasteiger partial charge in [-0.15, -0.1) is 0 Å². The lowest BCUT2D eigenvalue weighted by Gasteiger charge is -2.53. The van der Waals surface area contributed by atoms with Gasteiger partial charge in [-0.25, -0.2) is 0 Å². The summed E-state index contributed by atoms with van der Waals surface area (Å²) in [5, 5.41) is 0. The molecule has 1 rings (SSSR count). The van der Waals surface area contributed by atoms with E-state index in [1.54, 1.807) is 0 Å². The van der Waals surface area contributed by atoms with Crippen LogP contribution in [0.3, 0.4) is 0 Å². The third-order valence-corrected chi connectivity index (χ3v) is 3.64. The maximum atomic E-state index is 2.66. The molecule has 1 fully saturated rings. The van der Waals surface area contributed by atoms with Crippen molar-refractivity contribution in [1.29, 1.82) is 0 Å². The summed E-state index contributed by atoms with van der Waals surface area (Å²) < 4.78 is 0. The van der Waals surface area contributed by atoms with Gasteiger partial charge in [0.15, 0.2) is 0 Å². The average Bonchev–Trinajstić information content (AvgIpc) is 1.97. The fourth-order valence-electron chi connectivity index (χ4n) is 3.19. The highest BCUT2D eigenvalue weighted by Gasteiger charge is 2.38. The van der Waals surface area contributed by atoms with Crippen molar-refractivity contribution in [3.63, 3.8) is 0 Å². The minimum atomic E-state index is 0.281. The van der Waals surface area contributed by atoms with Gasteiger partial charge in [0.1, 0.15) is 0 Å². The number of nitrogens with zero attached hydrogens (tertiary/aromatic N) is 2. The molecule has 0 N–H and O–H groups in total. The van der Waals surface area contributed by atoms with E-state index in [0.29, 0.717) is 17.6 Å². The van der Waals surface area contributed by atoms with Gasteiger partial charge in [-0.3, -0.25) is 9.80 Å². The second-order valence-corrected chi connectivity index (χ2v) is 7.35. The molecule has 2 heteroatoms. The van der Waals surface area contributed by atoms with Crippen LogP contribution in [-0.4, -0.2) is 46.1 Å². The molecule has 2 atom stereocenters. The van der Waals surface area contributed by atoms with Crippen molar-refractivity contribution >= 4 is 0 Å². The van der Waals surface area contributed by atoms with Crippen molar-refractivity contribution in [1.82, 2.24) is 9.80 Å². The first kappa shape index (κ1) is 14.0. The molecule has 0 aromatic carbocycles. The van der Waals surface area contributed by atoms with Gasteiger partial charge < -0.3 is 0 Å². The Labute approximate surface area is 102 Å². The molecule has 2 nitrogen and oxygen atoms in total. The van der Waals surface area contributed by atoms with Gasteiger partial charge in [0.2, 0.25) is 0 Å². The maximum Gasteiger partial charge on any atom is 0.0203 e. The minimum Gasteiger partial charge on any atom is -0.295 e. The van der Waals surface area contributed by atoms with Crippen LogP contribution in [0.5, 0.6) is 0 Å². The van der Waals surface area contributed by atoms with Crippen LogP contribution in [0.15, 0.2) is 0 Å². The Morgan fingerprint density at radius 2 is 1.12 bits per heavy atom. The van der Waals surface area contributed by atoms with Crippen LogP contribution < -0.4 is 0 Å². The van der Waals surface area contributed by atoms with Crippen molar-refractivity contribution in [2.45, 2.75) is 78.6 Å². The maximum absolute atomic E-state index is 2.66. The molecule has 0 aromatic rings. The van der Waals surface area contributed by atoms with E-state index in [1.165, 1.54) is 13.1 Å². The lowest BCUT2D eigenvalue weighted by molar-refractivity contribution is -0.0500. The largest absolute Gasteiger partial charge is 0.295 e. The van der Waals surface area contributed by atoms with Gasteiger partial charge in [0, 0.05) is 36.3 Å². The average molecular weight is 226 g/mol. The van der Waals surface area contributed by atoms with Crippen LogP contribution in [0.4, 0.5) is 0 Å². The van der Waals surface area contributed by atoms with Crippen molar-refractivity contribution in [2.24, 2.45) is 0 Å². The topological polar surface area (TPSA) is 6.48 Å². The molecule has 1 aliphatic rings. The second-order valence-electron chi connectivity index (χ2n) is 7.35. The summed E-state index contributed by atoms with van der Waals surface area (Å²) in [4.78, 5) is 5.28. The third-order valence-electron chi connectivity index (χ3n) is 3.64. The van der Waals surface area contributed by atoms with E-state index >= 15 is 0 Å². The van der Waals surface area contributed by atoms with Gasteiger partial charge in [-0.1, -0.05) is 0 Å². The fourth-order valence-corrected chi connectivity index (χ4v) is 3.19. The third kappa shape index (κ3) is 2.98. The molecule has 1 heterocycles. The molecule has 0 saturated carbocycles. The smallest absolute Gasteiger partial charge is 0.0203 e. The second kappa shape index (κ2) is 4.30. The van der Waals surface area contributed by atoms with Crippen LogP contribution in [0.2, 0.25) is 0 Å². The molecule has 1 aliphatic heterocycles. The number of hydrogen-bond donors (Lipinski definition) is 0. The number of rotatable bonds is 0. The SMILES string of the molecule is C[C@@H]1CN(C(C)(C)C)C[C@@H](C)N1C(C)(C)C. The fraction of sp³-hybridized carbons (Fsp3) is 1.00. The van der Waals surface area contributed by atoms with Gasteiger partial charge in [-0.05, 0) is 55.4 Å². The number of hydrogen-bond acceptors (Lipinski definition) is 2. The Kier molecular flexibility index (Phi) is 3.76. The van der Waals surface area contributed by atoms with Crippen LogP contribution >= 0.6 is 0 Å². The van der Waals surface area contributed by atoms with E-state index in [0.717, 1.165) is 0 Å². The lowest BCUT2D eigenvalue weighted by atomic mass is 9.94. The first-order valence-electron chi connectivity index (χ1n) is 6.57. The molecule has 0 amide bonds. The number of piperazine rings is 1. The lowest BCUT2D eigenvalue weighted by Crippen LogP contribution is -2.65. The first-order chi connectivity index (χ1) is 7.03. The zero-order chi connectivity index (χ0) is 12.7. The monoisotopic (exact) mass is 226 g/mol. The Balaban J connectivity index is 2.80. The molecule has 0 bridgehead atoms. The van der Waals surface area contributed by atoms with Gasteiger partial charge >= 0.3 is 0 Å². The Morgan fingerprint density at radius 1 is 0.750 bits per heavy atom. The molecule has 0 unspecified atom stereocenters. The predicted octanol–water partition coefficient (Wildman–Crippen LogP) is 2.98. The van der Waals surface area contributed by atoms with Crippen LogP contribution in [0.1, 0.15) is 55.4 Å². The predicted molar refractivity (Wildman–Crippen MR) is 71.8 cm³/mol. The van der Waals surface area contributed by atoms with Crippen LogP contribution in [0, 0.1) is 0 Å². The highest BCUT2D eigenvalue weighted by Crippen LogP contribution is 2.28. The molecular formula is C14H30N2. The minimum absolute atomic E-state index is 0.281. The van der Waals surface area contributed by atoms with E-state index in [-0.39, 0.29) is 5.54 Å². The molecule has 0 radical (unpaired) electrons. The summed E-state index contributed by atoms with van der Waals surface area (Å²) >= 11 is 0. The first-order valence-corrected chi connectivity index (χ1v) is 6.57. The highest BCUT2D eigenvalue weighted by atomic mass is 15.3. The molecule has 96 valence electrons. The molecule has 0 spiro atoms. The van der Waals surface area contributed by atoms with Crippen molar-refractivity contribution in [3.8, 4) is 0 Å². The summed E-state index contributed by atoms with van der Waals surface area (Å²) in [5.74, 6) is 0. The van der Waals surface area contributed by atoms with Gasteiger partial charge in [-0.2, -0.15) is 0 Å². The summed E-state index contributed by atoms with van der Waals surface area (Å²) in [7, 11) is 0. The Hall–Kier alpha value is -0.0800. The molecule has 0 aromatic heterocycles. The van der Waals surface area contributed by atoms with E-state index in [1.807, 2.05) is 0 Å². The van der Waals surface area contributed by atoms with Crippen LogP contribution in [0.25, 0.3) is 0 Å². The molecule has 0 aliphatic carbocycles. The van der Waals surface area contributed by atoms with Gasteiger partial charge in [0.25, 0.3) is 0 Å². The summed E-state index contributed by atoms with van der Waals surface area (Å²) in [6, 6.07) is 1.28. The van der Waals surface area contributed by atoms with Crippen molar-refractivity contribution < 1.29 is 0 Å². The van der Waals surface area contributed by atoms with Crippen molar-refractivity contribution in [3.05, 3.63) is 0 Å². The zero-order valence-corrected chi connectivity index (χ0v) is 12.5. The molecule has 16 heavy (non-hydrogen) atoms. The summed E-state index contributed by atoms with van der Waals surface area (Å²) in [5.41, 5.74) is 0.579. The quantitative estimate of drug-likeness (QED) is 0.626. The summed E-state index contributed by atoms with van der Waals surface area (Å²) in [6.45, 7) is 21.0. The van der Waals surface area contributed by atoms with E-state index < -0.39 is 0 Å². The van der Waals surface area contributed by atoms with E-state index in [9.17, 15) is 0 Å². The van der Waals surface area contributed by atoms with Crippen molar-refractivity contribution in [2.75, 3.05) is 13.1 Å².